The average molecular weight is 216 g/mol. The van der Waals surface area contributed by atoms with Gasteiger partial charge in [0.15, 0.2) is 0 Å². The minimum atomic E-state index is -0.268. The molecule has 0 bridgehead atoms. The number of hydrogen-bond donors (Lipinski definition) is 2. The first-order chi connectivity index (χ1) is 6.19. The minimum absolute atomic E-state index is 0. The van der Waals surface area contributed by atoms with Gasteiger partial charge in [-0.05, 0) is 12.1 Å². The summed E-state index contributed by atoms with van der Waals surface area (Å²) in [5.74, 6) is 0.740. The second-order valence-corrected chi connectivity index (χ2v) is 2.69. The van der Waals surface area contributed by atoms with Crippen LogP contribution in [0.15, 0.2) is 30.9 Å². The largest absolute Gasteiger partial charge is 0.508 e. The number of benzene rings is 1. The van der Waals surface area contributed by atoms with Crippen molar-refractivity contribution in [2.24, 2.45) is 5.73 Å². The molecule has 3 nitrogen and oxygen atoms in total. The first-order valence-corrected chi connectivity index (χ1v) is 3.94. The minimum Gasteiger partial charge on any atom is -0.508 e. The molecular weight excluding hydrogens is 202 g/mol. The number of hydrogen-bond acceptors (Lipinski definition) is 3. The van der Waals surface area contributed by atoms with E-state index in [9.17, 15) is 5.11 Å². The van der Waals surface area contributed by atoms with Crippen molar-refractivity contribution in [2.75, 3.05) is 7.11 Å². The molecule has 0 aliphatic rings. The maximum Gasteiger partial charge on any atom is 0.127 e. The zero-order chi connectivity index (χ0) is 9.84. The number of methoxy groups -OCH3 is 1. The lowest BCUT2D eigenvalue weighted by Crippen LogP contribution is -2.07. The fourth-order valence-corrected chi connectivity index (χ4v) is 1.10. The van der Waals surface area contributed by atoms with Crippen molar-refractivity contribution >= 4 is 12.4 Å². The van der Waals surface area contributed by atoms with Gasteiger partial charge in [-0.1, -0.05) is 6.08 Å². The zero-order valence-corrected chi connectivity index (χ0v) is 8.75. The van der Waals surface area contributed by atoms with Crippen LogP contribution in [0.3, 0.4) is 0 Å². The summed E-state index contributed by atoms with van der Waals surface area (Å²) in [4.78, 5) is 0. The maximum absolute atomic E-state index is 9.18. The van der Waals surface area contributed by atoms with E-state index in [4.69, 9.17) is 10.5 Å². The number of aromatic hydroxyl groups is 1. The molecule has 3 N–H and O–H groups in total. The van der Waals surface area contributed by atoms with Crippen LogP contribution in [0.4, 0.5) is 0 Å². The third-order valence-electron chi connectivity index (χ3n) is 1.83. The fraction of sp³-hybridized carbons (Fsp3) is 0.200. The molecule has 14 heavy (non-hydrogen) atoms. The number of nitrogens with two attached hydrogens (primary N) is 1. The summed E-state index contributed by atoms with van der Waals surface area (Å²) >= 11 is 0. The molecule has 0 unspecified atom stereocenters. The summed E-state index contributed by atoms with van der Waals surface area (Å²) in [5, 5.41) is 9.18. The monoisotopic (exact) mass is 215 g/mol. The van der Waals surface area contributed by atoms with Gasteiger partial charge < -0.3 is 15.6 Å². The van der Waals surface area contributed by atoms with E-state index in [-0.39, 0.29) is 24.2 Å². The van der Waals surface area contributed by atoms with Gasteiger partial charge in [-0.2, -0.15) is 0 Å². The predicted octanol–water partition coefficient (Wildman–Crippen LogP) is 2.01. The first kappa shape index (κ1) is 12.8. The van der Waals surface area contributed by atoms with Crippen LogP contribution in [-0.4, -0.2) is 12.2 Å². The van der Waals surface area contributed by atoms with Crippen LogP contribution in [0.1, 0.15) is 11.6 Å². The third kappa shape index (κ3) is 2.65. The Balaban J connectivity index is 0.00000169. The summed E-state index contributed by atoms with van der Waals surface area (Å²) in [6.07, 6.45) is 1.62. The summed E-state index contributed by atoms with van der Waals surface area (Å²) in [6, 6.07) is 4.55. The molecule has 0 aliphatic carbocycles. The van der Waals surface area contributed by atoms with Crippen molar-refractivity contribution in [3.63, 3.8) is 0 Å². The van der Waals surface area contributed by atoms with E-state index in [0.29, 0.717) is 5.75 Å². The highest BCUT2D eigenvalue weighted by molar-refractivity contribution is 5.85. The number of phenols is 1. The molecule has 1 aromatic rings. The van der Waals surface area contributed by atoms with Crippen LogP contribution in [0.25, 0.3) is 0 Å². The molecule has 78 valence electrons. The summed E-state index contributed by atoms with van der Waals surface area (Å²) in [7, 11) is 1.54. The second-order valence-electron chi connectivity index (χ2n) is 2.69. The summed E-state index contributed by atoms with van der Waals surface area (Å²) in [6.45, 7) is 3.59. The molecule has 1 aromatic carbocycles. The highest BCUT2D eigenvalue weighted by Crippen LogP contribution is 2.27. The Morgan fingerprint density at radius 2 is 2.21 bits per heavy atom. The van der Waals surface area contributed by atoms with Gasteiger partial charge in [0.1, 0.15) is 11.5 Å². The Hall–Kier alpha value is -1.19. The second kappa shape index (κ2) is 5.52. The lowest BCUT2D eigenvalue weighted by Gasteiger charge is -2.11. The van der Waals surface area contributed by atoms with Crippen molar-refractivity contribution < 1.29 is 9.84 Å². The molecule has 0 saturated carbocycles. The van der Waals surface area contributed by atoms with E-state index in [1.54, 1.807) is 18.2 Å². The van der Waals surface area contributed by atoms with Crippen LogP contribution >= 0.6 is 12.4 Å². The standard InChI is InChI=1S/C10H13NO2.ClH/c1-3-9(11)8-5-4-7(12)6-10(8)13-2;/h3-6,9,12H,1,11H2,2H3;1H/t9-;/m0./s1. The highest BCUT2D eigenvalue weighted by atomic mass is 35.5. The van der Waals surface area contributed by atoms with Crippen molar-refractivity contribution in [1.82, 2.24) is 0 Å². The number of halogens is 1. The molecule has 0 heterocycles. The molecule has 1 atom stereocenters. The normalized spacial score (nSPS) is 11.3. The van der Waals surface area contributed by atoms with Crippen LogP contribution < -0.4 is 10.5 Å². The van der Waals surface area contributed by atoms with E-state index < -0.39 is 0 Å². The smallest absolute Gasteiger partial charge is 0.127 e. The Bertz CT molecular complexity index is 315. The number of phenolic OH excluding ortho intramolecular Hbond substituents is 1. The molecule has 0 amide bonds. The lowest BCUT2D eigenvalue weighted by atomic mass is 10.1. The molecule has 0 aliphatic heterocycles. The van der Waals surface area contributed by atoms with Crippen molar-refractivity contribution in [1.29, 1.82) is 0 Å². The maximum atomic E-state index is 9.18. The molecule has 0 aromatic heterocycles. The van der Waals surface area contributed by atoms with Crippen LogP contribution in [0, 0.1) is 0 Å². The highest BCUT2D eigenvalue weighted by Gasteiger charge is 2.08. The molecular formula is C10H14ClNO2. The van der Waals surface area contributed by atoms with Gasteiger partial charge in [0.05, 0.1) is 13.2 Å². The van der Waals surface area contributed by atoms with Crippen molar-refractivity contribution in [3.8, 4) is 11.5 Å². The topological polar surface area (TPSA) is 55.5 Å². The van der Waals surface area contributed by atoms with E-state index in [1.807, 2.05) is 0 Å². The molecule has 0 fully saturated rings. The van der Waals surface area contributed by atoms with Gasteiger partial charge >= 0.3 is 0 Å². The number of ether oxygens (including phenoxy) is 1. The summed E-state index contributed by atoms with van der Waals surface area (Å²) < 4.78 is 5.06. The van der Waals surface area contributed by atoms with Crippen LogP contribution in [-0.2, 0) is 0 Å². The zero-order valence-electron chi connectivity index (χ0n) is 7.93. The van der Waals surface area contributed by atoms with Crippen LogP contribution in [0.2, 0.25) is 0 Å². The van der Waals surface area contributed by atoms with Gasteiger partial charge in [0, 0.05) is 11.6 Å². The summed E-state index contributed by atoms with van der Waals surface area (Å²) in [5.41, 5.74) is 6.56. The fourth-order valence-electron chi connectivity index (χ4n) is 1.10. The Labute approximate surface area is 89.6 Å². The number of rotatable bonds is 3. The van der Waals surface area contributed by atoms with Gasteiger partial charge in [-0.3, -0.25) is 0 Å². The average Bonchev–Trinajstić information content (AvgIpc) is 2.16. The molecule has 0 saturated heterocycles. The van der Waals surface area contributed by atoms with Gasteiger partial charge in [-0.25, -0.2) is 0 Å². The molecule has 0 spiro atoms. The van der Waals surface area contributed by atoms with Crippen molar-refractivity contribution in [2.45, 2.75) is 6.04 Å². The predicted molar refractivity (Wildman–Crippen MR) is 59.0 cm³/mol. The van der Waals surface area contributed by atoms with Gasteiger partial charge in [0.2, 0.25) is 0 Å². The lowest BCUT2D eigenvalue weighted by molar-refractivity contribution is 0.401. The Morgan fingerprint density at radius 1 is 1.57 bits per heavy atom. The Morgan fingerprint density at radius 3 is 2.71 bits per heavy atom. The Kier molecular flexibility index (Phi) is 5.05. The van der Waals surface area contributed by atoms with E-state index in [0.717, 1.165) is 5.56 Å². The SMILES string of the molecule is C=C[C@H](N)c1ccc(O)cc1OC.Cl. The van der Waals surface area contributed by atoms with Crippen molar-refractivity contribution in [3.05, 3.63) is 36.4 Å². The van der Waals surface area contributed by atoms with E-state index in [2.05, 4.69) is 6.58 Å². The van der Waals surface area contributed by atoms with Crippen LogP contribution in [0.5, 0.6) is 11.5 Å². The molecule has 0 radical (unpaired) electrons. The van der Waals surface area contributed by atoms with E-state index in [1.165, 1.54) is 13.2 Å². The quantitative estimate of drug-likeness (QED) is 0.759. The molecule has 1 rings (SSSR count). The first-order valence-electron chi connectivity index (χ1n) is 3.94. The van der Waals surface area contributed by atoms with Gasteiger partial charge in [0.25, 0.3) is 0 Å². The molecule has 4 heteroatoms. The van der Waals surface area contributed by atoms with Gasteiger partial charge in [-0.15, -0.1) is 19.0 Å². The third-order valence-corrected chi connectivity index (χ3v) is 1.83. The van der Waals surface area contributed by atoms with E-state index >= 15 is 0 Å².